The highest BCUT2D eigenvalue weighted by molar-refractivity contribution is 6.00. The zero-order chi connectivity index (χ0) is 29.9. The van der Waals surface area contributed by atoms with Crippen LogP contribution in [0.15, 0.2) is 46.8 Å². The first-order chi connectivity index (χ1) is 19.6. The summed E-state index contributed by atoms with van der Waals surface area (Å²) in [5.41, 5.74) is 3.02. The lowest BCUT2D eigenvalue weighted by molar-refractivity contribution is -0.137. The Hall–Kier alpha value is -3.37. The summed E-state index contributed by atoms with van der Waals surface area (Å²) in [5, 5.41) is 12.6. The molecule has 0 bridgehead atoms. The number of esters is 2. The first-order valence-electron chi connectivity index (χ1n) is 14.6. The Morgan fingerprint density at radius 2 is 1.63 bits per heavy atom. The number of hydrogen-bond donors (Lipinski definition) is 4. The molecule has 1 fully saturated rings. The van der Waals surface area contributed by atoms with Crippen LogP contribution in [0.3, 0.4) is 0 Å². The molecular formula is C31H47N5O5. The van der Waals surface area contributed by atoms with Crippen molar-refractivity contribution in [3.63, 3.8) is 0 Å². The summed E-state index contributed by atoms with van der Waals surface area (Å²) in [4.78, 5) is 40.6. The lowest BCUT2D eigenvalue weighted by Gasteiger charge is -2.32. The van der Waals surface area contributed by atoms with Gasteiger partial charge in [-0.25, -0.2) is 14.4 Å². The van der Waals surface area contributed by atoms with Crippen molar-refractivity contribution < 1.29 is 23.9 Å². The number of amides is 2. The lowest BCUT2D eigenvalue weighted by Crippen LogP contribution is -2.43. The highest BCUT2D eigenvalue weighted by atomic mass is 16.5. The molecule has 0 atom stereocenters. The van der Waals surface area contributed by atoms with E-state index in [1.165, 1.54) is 20.6 Å². The van der Waals surface area contributed by atoms with Crippen LogP contribution < -0.4 is 21.3 Å². The van der Waals surface area contributed by atoms with Crippen LogP contribution in [0.1, 0.15) is 64.9 Å². The number of methoxy groups -OCH3 is 2. The number of likely N-dealkylation sites (tertiary alicyclic amines) is 1. The van der Waals surface area contributed by atoms with Crippen LogP contribution in [0.2, 0.25) is 0 Å². The van der Waals surface area contributed by atoms with Crippen LogP contribution in [0.5, 0.6) is 0 Å². The Morgan fingerprint density at radius 3 is 2.22 bits per heavy atom. The van der Waals surface area contributed by atoms with Gasteiger partial charge in [-0.2, -0.15) is 0 Å². The lowest BCUT2D eigenvalue weighted by atomic mass is 9.80. The van der Waals surface area contributed by atoms with Gasteiger partial charge in [0.15, 0.2) is 0 Å². The molecule has 4 N–H and O–H groups in total. The standard InChI is InChI=1S/C31H47N5O5/c1-20(2)11-15-32-24-12-17-36(18-13-24)16-8-14-33-31(39)35-25-10-7-9-23(19-25)28-26(29(37)40-5)21(3)34-22(4)27(28)30(38)41-6/h7,9-10,19-20,24,28,32,34H,8,11-18H2,1-6H3,(H2,33,35,39). The summed E-state index contributed by atoms with van der Waals surface area (Å²) in [6, 6.07) is 7.44. The molecular weight excluding hydrogens is 522 g/mol. The molecule has 3 rings (SSSR count). The van der Waals surface area contributed by atoms with Crippen molar-refractivity contribution in [3.05, 3.63) is 52.4 Å². The Labute approximate surface area is 244 Å². The molecule has 0 aliphatic carbocycles. The number of allylic oxidation sites excluding steroid dienone is 2. The first kappa shape index (κ1) is 32.1. The average molecular weight is 570 g/mol. The molecule has 0 spiro atoms. The summed E-state index contributed by atoms with van der Waals surface area (Å²) >= 11 is 0. The second kappa shape index (κ2) is 15.6. The molecule has 10 heteroatoms. The minimum absolute atomic E-state index is 0.305. The number of piperidine rings is 1. The maximum atomic E-state index is 12.7. The van der Waals surface area contributed by atoms with E-state index in [4.69, 9.17) is 9.47 Å². The fraction of sp³-hybridized carbons (Fsp3) is 0.581. The number of rotatable bonds is 12. The van der Waals surface area contributed by atoms with Crippen LogP contribution in [-0.2, 0) is 19.1 Å². The number of urea groups is 1. The fourth-order valence-electron chi connectivity index (χ4n) is 5.50. The Bertz CT molecular complexity index is 1100. The molecule has 2 aliphatic rings. The Morgan fingerprint density at radius 1 is 1.00 bits per heavy atom. The second-order valence-corrected chi connectivity index (χ2v) is 11.2. The quantitative estimate of drug-likeness (QED) is 0.221. The van der Waals surface area contributed by atoms with E-state index < -0.39 is 17.9 Å². The van der Waals surface area contributed by atoms with Gasteiger partial charge in [0.2, 0.25) is 0 Å². The van der Waals surface area contributed by atoms with Gasteiger partial charge in [0.1, 0.15) is 0 Å². The molecule has 0 unspecified atom stereocenters. The van der Waals surface area contributed by atoms with Crippen LogP contribution in [0.4, 0.5) is 10.5 Å². The number of dihydropyridines is 1. The van der Waals surface area contributed by atoms with Crippen LogP contribution in [-0.4, -0.2) is 75.9 Å². The largest absolute Gasteiger partial charge is 0.466 e. The molecule has 1 aromatic rings. The van der Waals surface area contributed by atoms with Crippen molar-refractivity contribution in [1.82, 2.24) is 20.9 Å². The fourth-order valence-corrected chi connectivity index (χ4v) is 5.50. The molecule has 41 heavy (non-hydrogen) atoms. The van der Waals surface area contributed by atoms with Crippen molar-refractivity contribution in [3.8, 4) is 0 Å². The van der Waals surface area contributed by atoms with Gasteiger partial charge in [0, 0.05) is 29.7 Å². The van der Waals surface area contributed by atoms with Crippen LogP contribution in [0, 0.1) is 5.92 Å². The number of carbonyl (C=O) groups excluding carboxylic acids is 3. The number of anilines is 1. The second-order valence-electron chi connectivity index (χ2n) is 11.2. The molecule has 0 radical (unpaired) electrons. The van der Waals surface area contributed by atoms with Gasteiger partial charge in [-0.15, -0.1) is 0 Å². The van der Waals surface area contributed by atoms with Crippen molar-refractivity contribution in [2.75, 3.05) is 52.3 Å². The smallest absolute Gasteiger partial charge is 0.336 e. The maximum absolute atomic E-state index is 12.7. The highest BCUT2D eigenvalue weighted by Crippen LogP contribution is 2.39. The predicted octanol–water partition coefficient (Wildman–Crippen LogP) is 3.88. The molecule has 0 saturated carbocycles. The monoisotopic (exact) mass is 569 g/mol. The van der Waals surface area contributed by atoms with Crippen molar-refractivity contribution in [2.45, 2.75) is 65.3 Å². The molecule has 10 nitrogen and oxygen atoms in total. The van der Waals surface area contributed by atoms with Gasteiger partial charge < -0.3 is 35.6 Å². The minimum Gasteiger partial charge on any atom is -0.466 e. The van der Waals surface area contributed by atoms with E-state index in [-0.39, 0.29) is 6.03 Å². The third kappa shape index (κ3) is 9.06. The van der Waals surface area contributed by atoms with E-state index in [0.717, 1.165) is 51.4 Å². The summed E-state index contributed by atoms with van der Waals surface area (Å²) in [6.45, 7) is 12.8. The van der Waals surface area contributed by atoms with Crippen LogP contribution >= 0.6 is 0 Å². The van der Waals surface area contributed by atoms with Crippen molar-refractivity contribution in [2.24, 2.45) is 5.92 Å². The topological polar surface area (TPSA) is 121 Å². The molecule has 1 saturated heterocycles. The summed E-state index contributed by atoms with van der Waals surface area (Å²) < 4.78 is 10.1. The number of hydrogen-bond acceptors (Lipinski definition) is 8. The highest BCUT2D eigenvalue weighted by Gasteiger charge is 2.37. The number of carbonyl (C=O) groups is 3. The maximum Gasteiger partial charge on any atom is 0.336 e. The average Bonchev–Trinajstić information content (AvgIpc) is 2.95. The third-order valence-electron chi connectivity index (χ3n) is 7.73. The van der Waals surface area contributed by atoms with E-state index in [1.807, 2.05) is 6.07 Å². The van der Waals surface area contributed by atoms with E-state index >= 15 is 0 Å². The molecule has 0 aromatic heterocycles. The first-order valence-corrected chi connectivity index (χ1v) is 14.6. The predicted molar refractivity (Wildman–Crippen MR) is 160 cm³/mol. The number of nitrogens with one attached hydrogen (secondary N) is 4. The molecule has 226 valence electrons. The summed E-state index contributed by atoms with van der Waals surface area (Å²) in [6.07, 6.45) is 4.41. The number of ether oxygens (including phenoxy) is 2. The molecule has 1 aromatic carbocycles. The minimum atomic E-state index is -0.712. The van der Waals surface area contributed by atoms with E-state index in [1.54, 1.807) is 32.0 Å². The van der Waals surface area contributed by atoms with Gasteiger partial charge in [-0.1, -0.05) is 26.0 Å². The van der Waals surface area contributed by atoms with Gasteiger partial charge in [0.05, 0.1) is 31.3 Å². The van der Waals surface area contributed by atoms with E-state index in [0.29, 0.717) is 46.4 Å². The Kier molecular flexibility index (Phi) is 12.2. The third-order valence-corrected chi connectivity index (χ3v) is 7.73. The van der Waals surface area contributed by atoms with Gasteiger partial charge in [0.25, 0.3) is 0 Å². The van der Waals surface area contributed by atoms with E-state index in [2.05, 4.69) is 40.0 Å². The van der Waals surface area contributed by atoms with Crippen molar-refractivity contribution >= 4 is 23.7 Å². The molecule has 2 amide bonds. The Balaban J connectivity index is 1.54. The number of benzene rings is 1. The summed E-state index contributed by atoms with van der Waals surface area (Å²) in [7, 11) is 2.61. The van der Waals surface area contributed by atoms with Gasteiger partial charge in [-0.05, 0) is 89.3 Å². The normalized spacial score (nSPS) is 17.0. The zero-order valence-corrected chi connectivity index (χ0v) is 25.4. The number of nitrogens with zero attached hydrogens (tertiary/aromatic N) is 1. The SMILES string of the molecule is COC(=O)C1=C(C)NC(C)=C(C(=O)OC)C1c1cccc(NC(=O)NCCCN2CCC(NCCC(C)C)CC2)c1. The zero-order valence-electron chi connectivity index (χ0n) is 25.4. The van der Waals surface area contributed by atoms with Crippen LogP contribution in [0.25, 0.3) is 0 Å². The molecule has 2 heterocycles. The molecule has 2 aliphatic heterocycles. The van der Waals surface area contributed by atoms with E-state index in [9.17, 15) is 14.4 Å². The summed E-state index contributed by atoms with van der Waals surface area (Å²) in [5.74, 6) is -1.07. The van der Waals surface area contributed by atoms with Gasteiger partial charge >= 0.3 is 18.0 Å². The van der Waals surface area contributed by atoms with Gasteiger partial charge in [-0.3, -0.25) is 0 Å². The van der Waals surface area contributed by atoms with Crippen molar-refractivity contribution in [1.29, 1.82) is 0 Å².